The highest BCUT2D eigenvalue weighted by molar-refractivity contribution is 5.90. The van der Waals surface area contributed by atoms with Crippen LogP contribution >= 0.6 is 0 Å². The molecule has 0 bridgehead atoms. The van der Waals surface area contributed by atoms with Crippen molar-refractivity contribution in [3.05, 3.63) is 83.7 Å². The number of anilines is 2. The van der Waals surface area contributed by atoms with Crippen molar-refractivity contribution < 1.29 is 24.2 Å². The second-order valence-corrected chi connectivity index (χ2v) is 11.7. The van der Waals surface area contributed by atoms with Crippen molar-refractivity contribution in [1.29, 1.82) is 0 Å². The van der Waals surface area contributed by atoms with E-state index in [2.05, 4.69) is 30.4 Å². The summed E-state index contributed by atoms with van der Waals surface area (Å²) in [5.74, 6) is 0.707. The van der Waals surface area contributed by atoms with Crippen LogP contribution in [0.15, 0.2) is 67.0 Å². The largest absolute Gasteiger partial charge is 0.392 e. The van der Waals surface area contributed by atoms with Crippen LogP contribution in [0.4, 0.5) is 11.6 Å². The number of unbranched alkanes of at least 4 members (excludes halogenated alkanes) is 2. The number of carbonyl (C=O) groups is 2. The first-order chi connectivity index (χ1) is 22.0. The Morgan fingerprint density at radius 1 is 0.911 bits per heavy atom. The fraction of sp³-hybridized carbons (Fsp3) is 0.471. The number of aromatic nitrogens is 2. The lowest BCUT2D eigenvalue weighted by molar-refractivity contribution is -0.253. The number of rotatable bonds is 13. The van der Waals surface area contributed by atoms with Crippen LogP contribution in [0.5, 0.6) is 0 Å². The van der Waals surface area contributed by atoms with Gasteiger partial charge in [-0.2, -0.15) is 0 Å². The van der Waals surface area contributed by atoms with E-state index in [1.807, 2.05) is 54.6 Å². The van der Waals surface area contributed by atoms with Crippen LogP contribution in [0, 0.1) is 0 Å². The topological polar surface area (TPSA) is 129 Å². The first-order valence-electron chi connectivity index (χ1n) is 15.9. The van der Waals surface area contributed by atoms with Crippen LogP contribution in [0.25, 0.3) is 0 Å². The van der Waals surface area contributed by atoms with Crippen molar-refractivity contribution in [2.75, 3.05) is 49.5 Å². The molecule has 3 aromatic rings. The molecule has 2 aromatic carbocycles. The summed E-state index contributed by atoms with van der Waals surface area (Å²) in [6, 6.07) is 17.4. The molecule has 2 aliphatic rings. The molecule has 1 aromatic heterocycles. The molecule has 3 heterocycles. The SMILES string of the molecule is CC(=O)NCCCCCC(=O)Nc1ccc([C@H]2O[C@@H](CN3CCN(c4ncccn4)CC3)C[C@@H](c3ccc(CO)cc3)O2)cc1. The third-order valence-corrected chi connectivity index (χ3v) is 8.21. The van der Waals surface area contributed by atoms with Crippen LogP contribution in [-0.4, -0.2) is 77.2 Å². The first-order valence-corrected chi connectivity index (χ1v) is 15.9. The minimum absolute atomic E-state index is 0.00164. The zero-order valence-corrected chi connectivity index (χ0v) is 25.9. The molecule has 0 radical (unpaired) electrons. The van der Waals surface area contributed by atoms with E-state index >= 15 is 0 Å². The molecule has 3 N–H and O–H groups in total. The quantitative estimate of drug-likeness (QED) is 0.244. The highest BCUT2D eigenvalue weighted by Gasteiger charge is 2.34. The van der Waals surface area contributed by atoms with E-state index in [9.17, 15) is 14.7 Å². The third kappa shape index (κ3) is 9.79. The van der Waals surface area contributed by atoms with E-state index in [-0.39, 0.29) is 30.6 Å². The average molecular weight is 617 g/mol. The van der Waals surface area contributed by atoms with Gasteiger partial charge in [0, 0.05) is 82.7 Å². The van der Waals surface area contributed by atoms with E-state index < -0.39 is 6.29 Å². The number of aliphatic hydroxyl groups excluding tert-OH is 1. The van der Waals surface area contributed by atoms with Crippen LogP contribution in [0.3, 0.4) is 0 Å². The summed E-state index contributed by atoms with van der Waals surface area (Å²) in [5, 5.41) is 15.3. The van der Waals surface area contributed by atoms with E-state index in [1.165, 1.54) is 6.92 Å². The smallest absolute Gasteiger partial charge is 0.225 e. The molecule has 0 unspecified atom stereocenters. The molecule has 0 aliphatic carbocycles. The molecule has 240 valence electrons. The van der Waals surface area contributed by atoms with Gasteiger partial charge in [0.05, 0.1) is 18.8 Å². The molecule has 2 fully saturated rings. The fourth-order valence-electron chi connectivity index (χ4n) is 5.70. The minimum atomic E-state index is -0.557. The second-order valence-electron chi connectivity index (χ2n) is 11.7. The van der Waals surface area contributed by atoms with Crippen molar-refractivity contribution in [3.8, 4) is 0 Å². The number of carbonyl (C=O) groups excluding carboxylic acids is 2. The highest BCUT2D eigenvalue weighted by atomic mass is 16.7. The number of benzene rings is 2. The second kappa shape index (κ2) is 16.4. The molecule has 11 nitrogen and oxygen atoms in total. The Kier molecular flexibility index (Phi) is 11.9. The van der Waals surface area contributed by atoms with Gasteiger partial charge in [-0.1, -0.05) is 42.8 Å². The normalized spacial score (nSPS) is 20.5. The molecule has 0 saturated carbocycles. The van der Waals surface area contributed by atoms with Gasteiger partial charge in [0.15, 0.2) is 6.29 Å². The van der Waals surface area contributed by atoms with Crippen molar-refractivity contribution >= 4 is 23.5 Å². The zero-order chi connectivity index (χ0) is 31.4. The number of nitrogens with zero attached hydrogens (tertiary/aromatic N) is 4. The number of amides is 2. The number of ether oxygens (including phenoxy) is 2. The van der Waals surface area contributed by atoms with Gasteiger partial charge in [-0.3, -0.25) is 14.5 Å². The van der Waals surface area contributed by atoms with Crippen molar-refractivity contribution in [2.45, 2.75) is 64.1 Å². The minimum Gasteiger partial charge on any atom is -0.392 e. The summed E-state index contributed by atoms with van der Waals surface area (Å²) in [7, 11) is 0. The molecule has 11 heteroatoms. The number of nitrogens with one attached hydrogen (secondary N) is 2. The van der Waals surface area contributed by atoms with Gasteiger partial charge in [-0.05, 0) is 42.2 Å². The maximum atomic E-state index is 12.5. The lowest BCUT2D eigenvalue weighted by Gasteiger charge is -2.40. The lowest BCUT2D eigenvalue weighted by Crippen LogP contribution is -2.50. The number of hydrogen-bond donors (Lipinski definition) is 3. The fourth-order valence-corrected chi connectivity index (χ4v) is 5.70. The number of hydrogen-bond acceptors (Lipinski definition) is 9. The molecule has 45 heavy (non-hydrogen) atoms. The third-order valence-electron chi connectivity index (χ3n) is 8.21. The van der Waals surface area contributed by atoms with Crippen LogP contribution in [-0.2, 0) is 25.7 Å². The van der Waals surface area contributed by atoms with E-state index in [0.29, 0.717) is 13.0 Å². The summed E-state index contributed by atoms with van der Waals surface area (Å²) < 4.78 is 13.1. The van der Waals surface area contributed by atoms with Crippen LogP contribution in [0.1, 0.15) is 68.1 Å². The Morgan fingerprint density at radius 3 is 2.31 bits per heavy atom. The molecule has 5 rings (SSSR count). The predicted molar refractivity (Wildman–Crippen MR) is 171 cm³/mol. The Hall–Kier alpha value is -3.90. The monoisotopic (exact) mass is 616 g/mol. The lowest BCUT2D eigenvalue weighted by atomic mass is 9.99. The van der Waals surface area contributed by atoms with Gasteiger partial charge in [0.2, 0.25) is 17.8 Å². The van der Waals surface area contributed by atoms with E-state index in [0.717, 1.165) is 86.7 Å². The Balaban J connectivity index is 1.18. The highest BCUT2D eigenvalue weighted by Crippen LogP contribution is 2.38. The van der Waals surface area contributed by atoms with Gasteiger partial charge < -0.3 is 30.1 Å². The predicted octanol–water partition coefficient (Wildman–Crippen LogP) is 3.97. The molecule has 2 aliphatic heterocycles. The maximum absolute atomic E-state index is 12.5. The average Bonchev–Trinajstić information content (AvgIpc) is 3.07. The summed E-state index contributed by atoms with van der Waals surface area (Å²) in [6.45, 7) is 6.42. The van der Waals surface area contributed by atoms with Gasteiger partial charge >= 0.3 is 0 Å². The standard InChI is InChI=1S/C34H44N6O5/c1-25(42)35-15-4-2-3-6-32(43)38-29-13-11-28(12-14-29)33-44-30(22-31(45-33)27-9-7-26(24-41)8-10-27)23-39-18-20-40(21-19-39)34-36-16-5-17-37-34/h5,7-14,16-17,30-31,33,41H,2-4,6,15,18-24H2,1H3,(H,35,42)(H,38,43)/t30-,31+,33+/m1/s1. The summed E-state index contributed by atoms with van der Waals surface area (Å²) in [5.41, 5.74) is 3.53. The first kappa shape index (κ1) is 32.5. The van der Waals surface area contributed by atoms with Crippen LogP contribution < -0.4 is 15.5 Å². The number of aliphatic hydroxyl groups is 1. The van der Waals surface area contributed by atoms with Gasteiger partial charge in [-0.15, -0.1) is 0 Å². The summed E-state index contributed by atoms with van der Waals surface area (Å²) in [4.78, 5) is 36.9. The molecular weight excluding hydrogens is 572 g/mol. The molecular formula is C34H44N6O5. The molecule has 0 spiro atoms. The zero-order valence-electron chi connectivity index (χ0n) is 25.9. The maximum Gasteiger partial charge on any atom is 0.225 e. The number of piperazine rings is 1. The van der Waals surface area contributed by atoms with Crippen molar-refractivity contribution in [1.82, 2.24) is 20.2 Å². The Morgan fingerprint density at radius 2 is 1.62 bits per heavy atom. The van der Waals surface area contributed by atoms with Crippen LogP contribution in [0.2, 0.25) is 0 Å². The van der Waals surface area contributed by atoms with E-state index in [4.69, 9.17) is 9.47 Å². The Labute approximate surface area is 265 Å². The van der Waals surface area contributed by atoms with Crippen molar-refractivity contribution in [3.63, 3.8) is 0 Å². The Bertz CT molecular complexity index is 1350. The molecule has 2 saturated heterocycles. The van der Waals surface area contributed by atoms with Gasteiger partial charge in [0.25, 0.3) is 0 Å². The summed E-state index contributed by atoms with van der Waals surface area (Å²) >= 11 is 0. The van der Waals surface area contributed by atoms with Gasteiger partial charge in [-0.25, -0.2) is 9.97 Å². The molecule has 3 atom stereocenters. The summed E-state index contributed by atoms with van der Waals surface area (Å²) in [6.07, 6.45) is 6.44. The molecule has 2 amide bonds. The van der Waals surface area contributed by atoms with Crippen molar-refractivity contribution in [2.24, 2.45) is 0 Å². The van der Waals surface area contributed by atoms with Gasteiger partial charge in [0.1, 0.15) is 0 Å². The van der Waals surface area contributed by atoms with E-state index in [1.54, 1.807) is 12.4 Å².